The molecule has 10 nitrogen and oxygen atoms in total. The van der Waals surface area contributed by atoms with Gasteiger partial charge < -0.3 is 29.9 Å². The lowest BCUT2D eigenvalue weighted by Crippen LogP contribution is -2.34. The summed E-state index contributed by atoms with van der Waals surface area (Å²) in [6.45, 7) is 0.0120. The highest BCUT2D eigenvalue weighted by Crippen LogP contribution is 2.38. The highest BCUT2D eigenvalue weighted by molar-refractivity contribution is 5.82. The number of aromatic nitrogens is 2. The zero-order chi connectivity index (χ0) is 26.8. The number of carbonyl (C=O) groups excluding carboxylic acids is 2. The largest absolute Gasteiger partial charge is 0.494 e. The fourth-order valence-corrected chi connectivity index (χ4v) is 5.50. The van der Waals surface area contributed by atoms with Gasteiger partial charge in [0.25, 0.3) is 0 Å². The Morgan fingerprint density at radius 2 is 0.921 bits per heavy atom. The van der Waals surface area contributed by atoms with E-state index in [0.29, 0.717) is 60.8 Å². The van der Waals surface area contributed by atoms with Gasteiger partial charge in [0.1, 0.15) is 13.2 Å². The van der Waals surface area contributed by atoms with Crippen molar-refractivity contribution in [1.29, 1.82) is 0 Å². The molecule has 5 rings (SSSR count). The normalized spacial score (nSPS) is 19.7. The van der Waals surface area contributed by atoms with Gasteiger partial charge in [-0.05, 0) is 38.5 Å². The number of nitrogens with zero attached hydrogens (tertiary/aromatic N) is 2. The second-order valence-corrected chi connectivity index (χ2v) is 9.76. The van der Waals surface area contributed by atoms with Crippen molar-refractivity contribution < 1.29 is 39.5 Å². The smallest absolute Gasteiger partial charge is 0.310 e. The van der Waals surface area contributed by atoms with Gasteiger partial charge in [-0.1, -0.05) is 36.5 Å². The lowest BCUT2D eigenvalue weighted by atomic mass is 9.83. The van der Waals surface area contributed by atoms with Gasteiger partial charge in [-0.15, -0.1) is 0 Å². The number of carbonyl (C=O) groups is 2. The predicted molar refractivity (Wildman–Crippen MR) is 136 cm³/mol. The van der Waals surface area contributed by atoms with Crippen molar-refractivity contribution >= 4 is 11.9 Å². The minimum Gasteiger partial charge on any atom is -0.494 e. The Hall–Kier alpha value is -4.08. The molecule has 2 aromatic rings. The Bertz CT molecular complexity index is 1170. The van der Waals surface area contributed by atoms with Crippen LogP contribution in [0.1, 0.15) is 35.1 Å². The van der Waals surface area contributed by atoms with Gasteiger partial charge >= 0.3 is 11.9 Å². The molecule has 0 spiro atoms. The number of rotatable bonds is 8. The number of hydrogen-bond acceptors (Lipinski definition) is 8. The molecule has 2 heterocycles. The molecule has 0 aromatic carbocycles. The van der Waals surface area contributed by atoms with Crippen molar-refractivity contribution in [3.8, 4) is 23.5 Å². The molecule has 0 saturated heterocycles. The lowest BCUT2D eigenvalue weighted by Gasteiger charge is -2.25. The first kappa shape index (κ1) is 25.6. The Balaban J connectivity index is 1.15. The van der Waals surface area contributed by atoms with Crippen LogP contribution in [0.15, 0.2) is 36.5 Å². The standard InChI is InChI=1S/C28H32N2O8/c31-23-17-7-1-2-8-18(17)24(32)29(23)13-15-37-27(35)21-11-5-6-12-22(21)28(36)38-16-14-30-25(33)19-9-3-4-10-20(19)26(30)34/h1-6,21-22,31-34H,7-16H2. The number of ether oxygens (including phenoxy) is 2. The van der Waals surface area contributed by atoms with E-state index in [1.165, 1.54) is 9.13 Å². The number of allylic oxidation sites excluding steroid dienone is 6. The van der Waals surface area contributed by atoms with Gasteiger partial charge in [0.2, 0.25) is 0 Å². The molecular weight excluding hydrogens is 492 g/mol. The summed E-state index contributed by atoms with van der Waals surface area (Å²) in [4.78, 5) is 25.8. The fourth-order valence-electron chi connectivity index (χ4n) is 5.50. The first-order valence-corrected chi connectivity index (χ1v) is 12.9. The van der Waals surface area contributed by atoms with Crippen molar-refractivity contribution in [2.24, 2.45) is 11.8 Å². The molecule has 38 heavy (non-hydrogen) atoms. The molecule has 0 amide bonds. The van der Waals surface area contributed by atoms with Crippen molar-refractivity contribution in [2.75, 3.05) is 13.2 Å². The summed E-state index contributed by atoms with van der Waals surface area (Å²) in [5, 5.41) is 41.8. The maximum Gasteiger partial charge on any atom is 0.310 e. The van der Waals surface area contributed by atoms with Crippen molar-refractivity contribution in [2.45, 2.75) is 51.6 Å². The minimum atomic E-state index is -0.719. The third-order valence-corrected chi connectivity index (χ3v) is 7.61. The number of hydrogen-bond donors (Lipinski definition) is 4. The zero-order valence-corrected chi connectivity index (χ0v) is 21.0. The number of fused-ring (bicyclic) bond motifs is 2. The third kappa shape index (κ3) is 4.66. The summed E-state index contributed by atoms with van der Waals surface area (Å²) in [6, 6.07) is 0. The van der Waals surface area contributed by atoms with E-state index in [2.05, 4.69) is 0 Å². The van der Waals surface area contributed by atoms with E-state index in [-0.39, 0.29) is 49.8 Å². The minimum absolute atomic E-state index is 0.0307. The summed E-state index contributed by atoms with van der Waals surface area (Å²) < 4.78 is 13.6. The van der Waals surface area contributed by atoms with E-state index in [0.717, 1.165) is 0 Å². The maximum absolute atomic E-state index is 12.9. The van der Waals surface area contributed by atoms with Crippen LogP contribution in [0.25, 0.3) is 0 Å². The zero-order valence-electron chi connectivity index (χ0n) is 21.0. The first-order chi connectivity index (χ1) is 18.4. The molecule has 0 fully saturated rings. The Kier molecular flexibility index (Phi) is 7.22. The fraction of sp³-hybridized carbons (Fsp3) is 0.429. The molecular formula is C28H32N2O8. The van der Waals surface area contributed by atoms with Crippen LogP contribution in [0.5, 0.6) is 23.5 Å². The molecule has 3 aliphatic rings. The highest BCUT2D eigenvalue weighted by Gasteiger charge is 2.36. The molecule has 4 N–H and O–H groups in total. The van der Waals surface area contributed by atoms with Crippen molar-refractivity contribution in [3.63, 3.8) is 0 Å². The first-order valence-electron chi connectivity index (χ1n) is 12.9. The van der Waals surface area contributed by atoms with Crippen LogP contribution in [0.3, 0.4) is 0 Å². The molecule has 0 bridgehead atoms. The topological polar surface area (TPSA) is 143 Å². The molecule has 2 aromatic heterocycles. The van der Waals surface area contributed by atoms with E-state index in [1.54, 1.807) is 0 Å². The summed E-state index contributed by atoms with van der Waals surface area (Å²) >= 11 is 0. The van der Waals surface area contributed by atoms with Gasteiger partial charge in [-0.3, -0.25) is 18.7 Å². The van der Waals surface area contributed by atoms with E-state index in [9.17, 15) is 30.0 Å². The van der Waals surface area contributed by atoms with E-state index in [4.69, 9.17) is 9.47 Å². The van der Waals surface area contributed by atoms with Crippen molar-refractivity contribution in [3.05, 3.63) is 58.7 Å². The molecule has 2 unspecified atom stereocenters. The predicted octanol–water partition coefficient (Wildman–Crippen LogP) is 2.79. The van der Waals surface area contributed by atoms with Crippen LogP contribution >= 0.6 is 0 Å². The molecule has 10 heteroatoms. The summed E-state index contributed by atoms with van der Waals surface area (Å²) in [5.41, 5.74) is 2.70. The molecule has 202 valence electrons. The van der Waals surface area contributed by atoms with E-state index in [1.807, 2.05) is 36.5 Å². The van der Waals surface area contributed by atoms with Crippen LogP contribution in [-0.2, 0) is 57.8 Å². The van der Waals surface area contributed by atoms with Crippen LogP contribution in [0.2, 0.25) is 0 Å². The summed E-state index contributed by atoms with van der Waals surface area (Å²) in [6.07, 6.45) is 14.1. The second-order valence-electron chi connectivity index (χ2n) is 9.76. The third-order valence-electron chi connectivity index (χ3n) is 7.61. The van der Waals surface area contributed by atoms with E-state index >= 15 is 0 Å². The van der Waals surface area contributed by atoms with E-state index < -0.39 is 23.8 Å². The average molecular weight is 525 g/mol. The number of esters is 2. The monoisotopic (exact) mass is 524 g/mol. The maximum atomic E-state index is 12.9. The van der Waals surface area contributed by atoms with Gasteiger partial charge in [0.05, 0.1) is 24.9 Å². The van der Waals surface area contributed by atoms with Gasteiger partial charge in [-0.2, -0.15) is 0 Å². The van der Waals surface area contributed by atoms with Crippen molar-refractivity contribution in [1.82, 2.24) is 9.13 Å². The molecule has 0 saturated carbocycles. The summed E-state index contributed by atoms with van der Waals surface area (Å²) in [5.74, 6) is -2.65. The lowest BCUT2D eigenvalue weighted by molar-refractivity contribution is -0.161. The molecule has 2 atom stereocenters. The molecule has 0 aliphatic heterocycles. The average Bonchev–Trinajstić information content (AvgIpc) is 3.33. The van der Waals surface area contributed by atoms with Crippen LogP contribution in [-0.4, -0.2) is 54.7 Å². The molecule has 3 aliphatic carbocycles. The Labute approximate surface area is 219 Å². The van der Waals surface area contributed by atoms with Gasteiger partial charge in [0, 0.05) is 22.3 Å². The van der Waals surface area contributed by atoms with Crippen LogP contribution in [0.4, 0.5) is 0 Å². The van der Waals surface area contributed by atoms with Gasteiger partial charge in [0.15, 0.2) is 23.5 Å². The quantitative estimate of drug-likeness (QED) is 0.305. The molecule has 0 radical (unpaired) electrons. The Morgan fingerprint density at radius 3 is 1.24 bits per heavy atom. The van der Waals surface area contributed by atoms with Gasteiger partial charge in [-0.25, -0.2) is 0 Å². The Morgan fingerprint density at radius 1 is 0.605 bits per heavy atom. The summed E-state index contributed by atoms with van der Waals surface area (Å²) in [7, 11) is 0. The van der Waals surface area contributed by atoms with Crippen LogP contribution < -0.4 is 0 Å². The SMILES string of the molecule is O=C(OCCn1c(O)c2c(c1O)CC=CC2)C1CC=CCC1C(=O)OCCn1c(O)c2c(c1O)CC=CC2. The highest BCUT2D eigenvalue weighted by atomic mass is 16.5. The van der Waals surface area contributed by atoms with Crippen LogP contribution in [0, 0.1) is 11.8 Å². The number of aromatic hydroxyl groups is 4. The second kappa shape index (κ2) is 10.7.